The van der Waals surface area contributed by atoms with Crippen LogP contribution >= 0.6 is 0 Å². The Morgan fingerprint density at radius 3 is 2.54 bits per heavy atom. The third-order valence-corrected chi connectivity index (χ3v) is 6.57. The fraction of sp³-hybridized carbons (Fsp3) is 0.464. The van der Waals surface area contributed by atoms with Crippen LogP contribution in [-0.2, 0) is 20.8 Å². The number of ether oxygens (including phenoxy) is 2. The molecule has 4 rings (SSSR count). The highest BCUT2D eigenvalue weighted by Gasteiger charge is 2.52. The van der Waals surface area contributed by atoms with Crippen molar-refractivity contribution in [2.75, 3.05) is 6.61 Å². The summed E-state index contributed by atoms with van der Waals surface area (Å²) in [7, 11) is 0. The van der Waals surface area contributed by atoms with Crippen LogP contribution in [0.4, 0.5) is 4.79 Å². The number of unbranched alkanes of at least 4 members (excludes halogenated alkanes) is 3. The van der Waals surface area contributed by atoms with Crippen LogP contribution in [0, 0.1) is 0 Å². The van der Waals surface area contributed by atoms with Gasteiger partial charge in [-0.2, -0.15) is 0 Å². The topological polar surface area (TPSA) is 77.4 Å². The first-order valence-corrected chi connectivity index (χ1v) is 12.4. The number of cyclic esters (lactones) is 1. The Morgan fingerprint density at radius 1 is 1.09 bits per heavy atom. The van der Waals surface area contributed by atoms with Gasteiger partial charge in [-0.15, -0.1) is 0 Å². The molecule has 1 fully saturated rings. The second kappa shape index (κ2) is 10.9. The Hall–Kier alpha value is -3.35. The van der Waals surface area contributed by atoms with Crippen molar-refractivity contribution in [1.82, 2.24) is 4.90 Å². The molecule has 0 spiro atoms. The minimum absolute atomic E-state index is 0.290. The first-order valence-electron chi connectivity index (χ1n) is 12.4. The number of rotatable bonds is 10. The molecule has 0 N–H and O–H groups in total. The summed E-state index contributed by atoms with van der Waals surface area (Å²) in [5.74, 6) is 0.385. The number of benzene rings is 2. The highest BCUT2D eigenvalue weighted by Crippen LogP contribution is 2.34. The average Bonchev–Trinajstić information content (AvgIpc) is 3.42. The molecular weight excluding hydrogens is 444 g/mol. The fourth-order valence-electron chi connectivity index (χ4n) is 4.50. The quantitative estimate of drug-likeness (QED) is 0.421. The molecule has 2 aliphatic rings. The predicted octanol–water partition coefficient (Wildman–Crippen LogP) is 5.51. The van der Waals surface area contributed by atoms with Gasteiger partial charge in [0.25, 0.3) is 5.91 Å². The van der Waals surface area contributed by atoms with Gasteiger partial charge in [0, 0.05) is 6.42 Å². The standard InChI is InChI=1S/C28H34N2O5/c1-4-5-6-10-17-33-22-15-13-21(14-16-22)23-19-24(35-29-23)26(31)30-25(28(2,3)34-27(30)32)18-20-11-8-7-9-12-20/h7-9,11-16,24-25H,4-6,10,17-19H2,1-3H3/t24-,25-/m0/s1. The van der Waals surface area contributed by atoms with E-state index in [1.807, 2.05) is 68.4 Å². The molecule has 2 aromatic carbocycles. The Morgan fingerprint density at radius 2 is 1.83 bits per heavy atom. The van der Waals surface area contributed by atoms with Crippen molar-refractivity contribution < 1.29 is 23.9 Å². The van der Waals surface area contributed by atoms with Gasteiger partial charge in [-0.1, -0.05) is 61.7 Å². The maximum absolute atomic E-state index is 13.4. The molecule has 2 atom stereocenters. The molecule has 7 heteroatoms. The van der Waals surface area contributed by atoms with Crippen LogP contribution in [-0.4, -0.2) is 47.0 Å². The van der Waals surface area contributed by atoms with Crippen molar-refractivity contribution >= 4 is 17.7 Å². The molecule has 2 amide bonds. The van der Waals surface area contributed by atoms with Gasteiger partial charge in [0.05, 0.1) is 18.4 Å². The fourth-order valence-corrected chi connectivity index (χ4v) is 4.50. The monoisotopic (exact) mass is 478 g/mol. The molecule has 0 radical (unpaired) electrons. The van der Waals surface area contributed by atoms with Crippen molar-refractivity contribution in [2.45, 2.75) is 77.0 Å². The van der Waals surface area contributed by atoms with Gasteiger partial charge in [-0.25, -0.2) is 9.69 Å². The Balaban J connectivity index is 1.37. The zero-order chi connectivity index (χ0) is 24.8. The predicted molar refractivity (Wildman–Crippen MR) is 133 cm³/mol. The van der Waals surface area contributed by atoms with E-state index in [2.05, 4.69) is 12.1 Å². The second-order valence-electron chi connectivity index (χ2n) is 9.65. The maximum atomic E-state index is 13.4. The van der Waals surface area contributed by atoms with E-state index in [0.29, 0.717) is 25.2 Å². The number of carbonyl (C=O) groups excluding carboxylic acids is 2. The maximum Gasteiger partial charge on any atom is 0.417 e. The summed E-state index contributed by atoms with van der Waals surface area (Å²) in [4.78, 5) is 32.8. The number of amides is 2. The van der Waals surface area contributed by atoms with E-state index >= 15 is 0 Å². The van der Waals surface area contributed by atoms with Crippen LogP contribution in [0.5, 0.6) is 5.75 Å². The van der Waals surface area contributed by atoms with Gasteiger partial charge in [0.1, 0.15) is 11.4 Å². The Labute approximate surface area is 207 Å². The summed E-state index contributed by atoms with van der Waals surface area (Å²) in [5.41, 5.74) is 1.75. The minimum atomic E-state index is -0.862. The van der Waals surface area contributed by atoms with Crippen LogP contribution in [0.3, 0.4) is 0 Å². The summed E-state index contributed by atoms with van der Waals surface area (Å²) < 4.78 is 11.4. The van der Waals surface area contributed by atoms with Gasteiger partial charge < -0.3 is 14.3 Å². The van der Waals surface area contributed by atoms with Crippen LogP contribution in [0.2, 0.25) is 0 Å². The summed E-state index contributed by atoms with van der Waals surface area (Å²) in [6, 6.07) is 17.0. The van der Waals surface area contributed by atoms with Crippen molar-refractivity contribution in [2.24, 2.45) is 5.16 Å². The third kappa shape index (κ3) is 5.84. The van der Waals surface area contributed by atoms with E-state index in [9.17, 15) is 9.59 Å². The molecule has 1 saturated heterocycles. The first-order chi connectivity index (χ1) is 16.9. The third-order valence-electron chi connectivity index (χ3n) is 6.57. The van der Waals surface area contributed by atoms with E-state index < -0.39 is 29.7 Å². The van der Waals surface area contributed by atoms with Gasteiger partial charge in [0.15, 0.2) is 0 Å². The molecule has 7 nitrogen and oxygen atoms in total. The average molecular weight is 479 g/mol. The van der Waals surface area contributed by atoms with E-state index in [1.165, 1.54) is 24.2 Å². The number of hydrogen-bond acceptors (Lipinski definition) is 6. The molecule has 2 heterocycles. The second-order valence-corrected chi connectivity index (χ2v) is 9.65. The van der Waals surface area contributed by atoms with Crippen molar-refractivity contribution in [3.8, 4) is 5.75 Å². The van der Waals surface area contributed by atoms with Gasteiger partial charge in [0.2, 0.25) is 6.10 Å². The van der Waals surface area contributed by atoms with Crippen LogP contribution in [0.1, 0.15) is 64.0 Å². The highest BCUT2D eigenvalue weighted by atomic mass is 16.6. The number of carbonyl (C=O) groups is 2. The minimum Gasteiger partial charge on any atom is -0.494 e. The molecule has 35 heavy (non-hydrogen) atoms. The van der Waals surface area contributed by atoms with Crippen LogP contribution in [0.15, 0.2) is 59.8 Å². The van der Waals surface area contributed by atoms with E-state index in [0.717, 1.165) is 23.3 Å². The lowest BCUT2D eigenvalue weighted by Gasteiger charge is -2.28. The lowest BCUT2D eigenvalue weighted by molar-refractivity contribution is -0.140. The van der Waals surface area contributed by atoms with E-state index in [4.69, 9.17) is 14.3 Å². The SMILES string of the molecule is CCCCCCOc1ccc(C2=NO[C@H](C(=O)N3C(=O)OC(C)(C)[C@@H]3Cc3ccccc3)C2)cc1. The summed E-state index contributed by atoms with van der Waals surface area (Å²) >= 11 is 0. The first kappa shape index (κ1) is 24.8. The molecule has 0 saturated carbocycles. The zero-order valence-electron chi connectivity index (χ0n) is 20.7. The lowest BCUT2D eigenvalue weighted by atomic mass is 9.91. The smallest absolute Gasteiger partial charge is 0.417 e. The largest absolute Gasteiger partial charge is 0.494 e. The molecule has 0 unspecified atom stereocenters. The normalized spacial score (nSPS) is 20.8. The highest BCUT2D eigenvalue weighted by molar-refractivity contribution is 6.06. The molecular formula is C28H34N2O5. The van der Waals surface area contributed by atoms with Gasteiger partial charge >= 0.3 is 6.09 Å². The number of oxime groups is 1. The Bertz CT molecular complexity index is 1050. The molecule has 2 aliphatic heterocycles. The van der Waals surface area contributed by atoms with Gasteiger partial charge in [-0.05, 0) is 62.1 Å². The Kier molecular flexibility index (Phi) is 7.73. The van der Waals surface area contributed by atoms with Crippen LogP contribution in [0.25, 0.3) is 0 Å². The lowest BCUT2D eigenvalue weighted by Crippen LogP contribution is -2.49. The molecule has 2 aromatic rings. The van der Waals surface area contributed by atoms with Gasteiger partial charge in [-0.3, -0.25) is 4.79 Å². The summed E-state index contributed by atoms with van der Waals surface area (Å²) in [5, 5.41) is 4.15. The van der Waals surface area contributed by atoms with Crippen molar-refractivity contribution in [1.29, 1.82) is 0 Å². The number of nitrogens with zero attached hydrogens (tertiary/aromatic N) is 2. The molecule has 0 aliphatic carbocycles. The van der Waals surface area contributed by atoms with Crippen molar-refractivity contribution in [3.05, 3.63) is 65.7 Å². The number of hydrogen-bond donors (Lipinski definition) is 0. The molecule has 0 bridgehead atoms. The summed E-state index contributed by atoms with van der Waals surface area (Å²) in [6.45, 7) is 6.55. The number of imide groups is 1. The van der Waals surface area contributed by atoms with E-state index in [1.54, 1.807) is 0 Å². The van der Waals surface area contributed by atoms with Crippen molar-refractivity contribution in [3.63, 3.8) is 0 Å². The molecule has 0 aromatic heterocycles. The van der Waals surface area contributed by atoms with Crippen LogP contribution < -0.4 is 4.74 Å². The molecule has 186 valence electrons. The zero-order valence-corrected chi connectivity index (χ0v) is 20.7. The summed E-state index contributed by atoms with van der Waals surface area (Å²) in [6.07, 6.45) is 3.93. The van der Waals surface area contributed by atoms with E-state index in [-0.39, 0.29) is 0 Å².